The van der Waals surface area contributed by atoms with Gasteiger partial charge in [-0.25, -0.2) is 0 Å². The number of nitrogens with one attached hydrogen (secondary N) is 1. The maximum Gasteiger partial charge on any atom is 0.119 e. The van der Waals surface area contributed by atoms with Crippen LogP contribution >= 0.6 is 11.8 Å². The van der Waals surface area contributed by atoms with E-state index in [4.69, 9.17) is 4.74 Å². The molecule has 0 aliphatic carbocycles. The minimum Gasteiger partial charge on any atom is -0.491 e. The molecule has 1 fully saturated rings. The minimum atomic E-state index is -0.448. The largest absolute Gasteiger partial charge is 0.491 e. The lowest BCUT2D eigenvalue weighted by Gasteiger charge is -2.16. The molecular weight excluding hydrogens is 258 g/mol. The number of aliphatic hydroxyl groups is 1. The van der Waals surface area contributed by atoms with Crippen LogP contribution in [0.5, 0.6) is 5.75 Å². The molecule has 2 N–H and O–H groups in total. The van der Waals surface area contributed by atoms with Gasteiger partial charge in [-0.3, -0.25) is 0 Å². The topological polar surface area (TPSA) is 41.5 Å². The second kappa shape index (κ2) is 7.78. The molecule has 0 aromatic heterocycles. The normalized spacial score (nSPS) is 20.4. The Hall–Kier alpha value is -0.710. The van der Waals surface area contributed by atoms with Crippen LogP contribution in [0.1, 0.15) is 18.9 Å². The van der Waals surface area contributed by atoms with Gasteiger partial charge in [-0.1, -0.05) is 19.1 Å². The first-order valence-electron chi connectivity index (χ1n) is 6.99. The first-order chi connectivity index (χ1) is 9.28. The van der Waals surface area contributed by atoms with E-state index in [1.54, 1.807) is 0 Å². The average Bonchev–Trinajstić information content (AvgIpc) is 2.96. The van der Waals surface area contributed by atoms with Gasteiger partial charge in [-0.15, -0.1) is 0 Å². The lowest BCUT2D eigenvalue weighted by molar-refractivity contribution is 0.104. The molecule has 1 saturated heterocycles. The highest BCUT2D eigenvalue weighted by molar-refractivity contribution is 7.99. The Kier molecular flexibility index (Phi) is 6.01. The zero-order chi connectivity index (χ0) is 13.5. The van der Waals surface area contributed by atoms with Gasteiger partial charge in [0.2, 0.25) is 0 Å². The van der Waals surface area contributed by atoms with Crippen molar-refractivity contribution in [2.45, 2.75) is 31.9 Å². The average molecular weight is 281 g/mol. The zero-order valence-electron chi connectivity index (χ0n) is 11.5. The summed E-state index contributed by atoms with van der Waals surface area (Å²) >= 11 is 1.97. The lowest BCUT2D eigenvalue weighted by atomic mass is 10.2. The molecule has 0 saturated carbocycles. The molecule has 0 bridgehead atoms. The van der Waals surface area contributed by atoms with Crippen molar-refractivity contribution >= 4 is 11.8 Å². The Morgan fingerprint density at radius 1 is 1.53 bits per heavy atom. The van der Waals surface area contributed by atoms with Crippen molar-refractivity contribution in [3.8, 4) is 5.75 Å². The van der Waals surface area contributed by atoms with Gasteiger partial charge in [0.05, 0.1) is 0 Å². The van der Waals surface area contributed by atoms with E-state index in [9.17, 15) is 5.11 Å². The Morgan fingerprint density at radius 3 is 3.16 bits per heavy atom. The number of hydrogen-bond acceptors (Lipinski definition) is 4. The third kappa shape index (κ3) is 5.05. The molecule has 0 spiro atoms. The molecule has 19 heavy (non-hydrogen) atoms. The van der Waals surface area contributed by atoms with Gasteiger partial charge >= 0.3 is 0 Å². The molecule has 1 aliphatic rings. The number of benzene rings is 1. The molecule has 1 heterocycles. The summed E-state index contributed by atoms with van der Waals surface area (Å²) in [5.41, 5.74) is 1.26. The van der Waals surface area contributed by atoms with E-state index < -0.39 is 6.10 Å². The molecule has 3 nitrogen and oxygen atoms in total. The summed E-state index contributed by atoms with van der Waals surface area (Å²) in [6.07, 6.45) is 1.76. The lowest BCUT2D eigenvalue weighted by Crippen LogP contribution is -2.37. The standard InChI is InChI=1S/C15H23NO2S/c1-2-12-4-3-5-15(8-12)18-10-14(17)9-16-13-6-7-19-11-13/h3-5,8,13-14,16-17H,2,6-7,9-11H2,1H3. The van der Waals surface area contributed by atoms with E-state index in [0.717, 1.165) is 17.9 Å². The predicted octanol–water partition coefficient (Wildman–Crippen LogP) is 2.08. The summed E-state index contributed by atoms with van der Waals surface area (Å²) in [5.74, 6) is 3.23. The fraction of sp³-hybridized carbons (Fsp3) is 0.600. The highest BCUT2D eigenvalue weighted by atomic mass is 32.2. The second-order valence-corrected chi connectivity index (χ2v) is 6.08. The number of thioether (sulfide) groups is 1. The van der Waals surface area contributed by atoms with Crippen LogP contribution in [-0.4, -0.2) is 41.9 Å². The van der Waals surface area contributed by atoms with E-state index >= 15 is 0 Å². The van der Waals surface area contributed by atoms with Gasteiger partial charge in [-0.2, -0.15) is 11.8 Å². The Balaban J connectivity index is 1.68. The van der Waals surface area contributed by atoms with Crippen LogP contribution in [0, 0.1) is 0 Å². The fourth-order valence-electron chi connectivity index (χ4n) is 2.10. The van der Waals surface area contributed by atoms with E-state index in [1.807, 2.05) is 30.0 Å². The van der Waals surface area contributed by atoms with Crippen molar-refractivity contribution in [1.82, 2.24) is 5.32 Å². The van der Waals surface area contributed by atoms with E-state index in [2.05, 4.69) is 18.3 Å². The summed E-state index contributed by atoms with van der Waals surface area (Å²) in [6, 6.07) is 8.61. The minimum absolute atomic E-state index is 0.347. The molecule has 106 valence electrons. The van der Waals surface area contributed by atoms with Crippen LogP contribution in [0.25, 0.3) is 0 Å². The van der Waals surface area contributed by atoms with Crippen LogP contribution in [0.15, 0.2) is 24.3 Å². The third-order valence-electron chi connectivity index (χ3n) is 3.32. The van der Waals surface area contributed by atoms with Gasteiger partial charge in [0.25, 0.3) is 0 Å². The maximum atomic E-state index is 9.90. The van der Waals surface area contributed by atoms with E-state index in [0.29, 0.717) is 19.2 Å². The second-order valence-electron chi connectivity index (χ2n) is 4.93. The van der Waals surface area contributed by atoms with E-state index in [-0.39, 0.29) is 0 Å². The van der Waals surface area contributed by atoms with Gasteiger partial charge < -0.3 is 15.2 Å². The summed E-state index contributed by atoms with van der Waals surface area (Å²) in [4.78, 5) is 0. The summed E-state index contributed by atoms with van der Waals surface area (Å²) in [7, 11) is 0. The van der Waals surface area contributed by atoms with Gasteiger partial charge in [-0.05, 0) is 36.3 Å². The molecule has 0 radical (unpaired) electrons. The van der Waals surface area contributed by atoms with Crippen molar-refractivity contribution in [2.24, 2.45) is 0 Å². The van der Waals surface area contributed by atoms with Crippen molar-refractivity contribution < 1.29 is 9.84 Å². The van der Waals surface area contributed by atoms with Gasteiger partial charge in [0, 0.05) is 18.3 Å². The van der Waals surface area contributed by atoms with Crippen molar-refractivity contribution in [2.75, 3.05) is 24.7 Å². The van der Waals surface area contributed by atoms with Crippen LogP contribution < -0.4 is 10.1 Å². The number of ether oxygens (including phenoxy) is 1. The highest BCUT2D eigenvalue weighted by Gasteiger charge is 2.16. The molecule has 0 amide bonds. The maximum absolute atomic E-state index is 9.90. The molecule has 2 unspecified atom stereocenters. The van der Waals surface area contributed by atoms with Gasteiger partial charge in [0.1, 0.15) is 18.5 Å². The molecule has 2 rings (SSSR count). The zero-order valence-corrected chi connectivity index (χ0v) is 12.3. The number of aryl methyl sites for hydroxylation is 1. The molecule has 1 aliphatic heterocycles. The SMILES string of the molecule is CCc1cccc(OCC(O)CNC2CCSC2)c1. The number of aliphatic hydroxyl groups excluding tert-OH is 1. The van der Waals surface area contributed by atoms with E-state index in [1.165, 1.54) is 17.7 Å². The highest BCUT2D eigenvalue weighted by Crippen LogP contribution is 2.17. The van der Waals surface area contributed by atoms with Crippen LogP contribution in [0.4, 0.5) is 0 Å². The number of rotatable bonds is 7. The van der Waals surface area contributed by atoms with Crippen LogP contribution in [-0.2, 0) is 6.42 Å². The predicted molar refractivity (Wildman–Crippen MR) is 81.1 cm³/mol. The Morgan fingerprint density at radius 2 is 2.42 bits per heavy atom. The summed E-state index contributed by atoms with van der Waals surface area (Å²) < 4.78 is 5.63. The monoisotopic (exact) mass is 281 g/mol. The Bertz CT molecular complexity index is 380. The van der Waals surface area contributed by atoms with Crippen LogP contribution in [0.2, 0.25) is 0 Å². The van der Waals surface area contributed by atoms with Crippen LogP contribution in [0.3, 0.4) is 0 Å². The first-order valence-corrected chi connectivity index (χ1v) is 8.14. The summed E-state index contributed by atoms with van der Waals surface area (Å²) in [6.45, 7) is 3.08. The smallest absolute Gasteiger partial charge is 0.119 e. The Labute approximate surface area is 119 Å². The third-order valence-corrected chi connectivity index (χ3v) is 4.48. The van der Waals surface area contributed by atoms with Gasteiger partial charge in [0.15, 0.2) is 0 Å². The summed E-state index contributed by atoms with van der Waals surface area (Å²) in [5, 5.41) is 13.3. The first kappa shape index (κ1) is 14.7. The quantitative estimate of drug-likeness (QED) is 0.803. The van der Waals surface area contributed by atoms with Crippen molar-refractivity contribution in [3.05, 3.63) is 29.8 Å². The molecule has 4 heteroatoms. The molecular formula is C15H23NO2S. The molecule has 1 aromatic rings. The fourth-order valence-corrected chi connectivity index (χ4v) is 3.29. The van der Waals surface area contributed by atoms with Crippen molar-refractivity contribution in [1.29, 1.82) is 0 Å². The van der Waals surface area contributed by atoms with Crippen molar-refractivity contribution in [3.63, 3.8) is 0 Å². The number of hydrogen-bond donors (Lipinski definition) is 2. The molecule has 2 atom stereocenters. The molecule has 1 aromatic carbocycles.